The number of carbonyl (C=O) groups is 3. The van der Waals surface area contributed by atoms with Crippen molar-refractivity contribution in [1.82, 2.24) is 4.90 Å². The van der Waals surface area contributed by atoms with E-state index in [-0.39, 0.29) is 30.0 Å². The summed E-state index contributed by atoms with van der Waals surface area (Å²) < 4.78 is 4.39. The van der Waals surface area contributed by atoms with E-state index < -0.39 is 5.97 Å². The summed E-state index contributed by atoms with van der Waals surface area (Å²) in [4.78, 5) is 34.6. The van der Waals surface area contributed by atoms with Crippen molar-refractivity contribution < 1.29 is 19.1 Å². The molecule has 0 N–H and O–H groups in total. The summed E-state index contributed by atoms with van der Waals surface area (Å²) in [5, 5.41) is -0.341. The number of likely N-dealkylation sites (tertiary alicyclic amines) is 1. The van der Waals surface area contributed by atoms with Gasteiger partial charge in [0.05, 0.1) is 12.4 Å². The Balaban J connectivity index is 2.65. The average Bonchev–Trinajstić information content (AvgIpc) is 2.44. The van der Waals surface area contributed by atoms with Crippen LogP contribution in [0.15, 0.2) is 0 Å². The first-order valence-electron chi connectivity index (χ1n) is 4.04. The van der Waals surface area contributed by atoms with Gasteiger partial charge in [0.25, 0.3) is 0 Å². The molecule has 0 aromatic carbocycles. The van der Waals surface area contributed by atoms with Crippen LogP contribution in [0.5, 0.6) is 0 Å². The van der Waals surface area contributed by atoms with E-state index in [1.165, 1.54) is 18.9 Å². The molecule has 1 unspecified atom stereocenters. The van der Waals surface area contributed by atoms with Crippen LogP contribution >= 0.6 is 11.8 Å². The van der Waals surface area contributed by atoms with Crippen molar-refractivity contribution in [3.05, 3.63) is 0 Å². The first kappa shape index (κ1) is 11.0. The number of imide groups is 1. The monoisotopic (exact) mass is 217 g/mol. The molecule has 0 saturated carbocycles. The molecular formula is C8H11NO4S. The number of hydrogen-bond donors (Lipinski definition) is 0. The zero-order valence-electron chi connectivity index (χ0n) is 7.98. The Morgan fingerprint density at radius 3 is 2.71 bits per heavy atom. The van der Waals surface area contributed by atoms with Crippen LogP contribution in [0.1, 0.15) is 6.42 Å². The molecule has 0 spiro atoms. The summed E-state index contributed by atoms with van der Waals surface area (Å²) in [6, 6.07) is 0. The summed E-state index contributed by atoms with van der Waals surface area (Å²) in [7, 11) is 1.22. The van der Waals surface area contributed by atoms with Crippen LogP contribution in [0.2, 0.25) is 0 Å². The summed E-state index contributed by atoms with van der Waals surface area (Å²) in [6.45, 7) is -0.273. The number of hydrogen-bond acceptors (Lipinski definition) is 5. The van der Waals surface area contributed by atoms with Crippen LogP contribution < -0.4 is 0 Å². The predicted molar refractivity (Wildman–Crippen MR) is 50.7 cm³/mol. The molecule has 1 aliphatic rings. The van der Waals surface area contributed by atoms with E-state index in [2.05, 4.69) is 4.74 Å². The van der Waals surface area contributed by atoms with E-state index in [1.807, 2.05) is 0 Å². The number of nitrogens with zero attached hydrogens (tertiary/aromatic N) is 1. The van der Waals surface area contributed by atoms with Crippen LogP contribution in [0.25, 0.3) is 0 Å². The Morgan fingerprint density at radius 2 is 2.29 bits per heavy atom. The Labute approximate surface area is 85.8 Å². The molecule has 0 aliphatic carbocycles. The van der Waals surface area contributed by atoms with E-state index in [0.29, 0.717) is 0 Å². The van der Waals surface area contributed by atoms with E-state index in [1.54, 1.807) is 6.26 Å². The standard InChI is InChI=1S/C8H11NO4S/c1-13-7(11)4-9-6(10)3-5(14-2)8(9)12/h5H,3-4H2,1-2H3. The lowest BCUT2D eigenvalue weighted by Crippen LogP contribution is -2.36. The largest absolute Gasteiger partial charge is 0.468 e. The molecule has 5 nitrogen and oxygen atoms in total. The first-order valence-corrected chi connectivity index (χ1v) is 5.32. The van der Waals surface area contributed by atoms with Crippen molar-refractivity contribution in [2.24, 2.45) is 0 Å². The molecule has 1 heterocycles. The Bertz CT molecular complexity index is 279. The van der Waals surface area contributed by atoms with Crippen molar-refractivity contribution >= 4 is 29.5 Å². The minimum absolute atomic E-state index is 0.178. The van der Waals surface area contributed by atoms with E-state index in [9.17, 15) is 14.4 Å². The van der Waals surface area contributed by atoms with E-state index >= 15 is 0 Å². The highest BCUT2D eigenvalue weighted by Crippen LogP contribution is 2.22. The van der Waals surface area contributed by atoms with Crippen LogP contribution in [0.3, 0.4) is 0 Å². The maximum absolute atomic E-state index is 11.5. The minimum atomic E-state index is -0.576. The number of amides is 2. The Kier molecular flexibility index (Phi) is 3.51. The molecule has 1 atom stereocenters. The molecule has 6 heteroatoms. The lowest BCUT2D eigenvalue weighted by Gasteiger charge is -2.12. The van der Waals surface area contributed by atoms with Gasteiger partial charge in [0.15, 0.2) is 0 Å². The summed E-state index contributed by atoms with van der Waals surface area (Å²) in [5.41, 5.74) is 0. The fourth-order valence-corrected chi connectivity index (χ4v) is 1.83. The van der Waals surface area contributed by atoms with Gasteiger partial charge in [-0.15, -0.1) is 0 Å². The van der Waals surface area contributed by atoms with Crippen LogP contribution in [-0.4, -0.2) is 47.8 Å². The number of ether oxygens (including phenoxy) is 1. The van der Waals surface area contributed by atoms with Crippen molar-refractivity contribution in [3.63, 3.8) is 0 Å². The van der Waals surface area contributed by atoms with Crippen molar-refractivity contribution in [2.75, 3.05) is 19.9 Å². The van der Waals surface area contributed by atoms with Crippen molar-refractivity contribution in [2.45, 2.75) is 11.7 Å². The smallest absolute Gasteiger partial charge is 0.325 e. The van der Waals surface area contributed by atoms with Gasteiger partial charge < -0.3 is 4.74 Å². The maximum Gasteiger partial charge on any atom is 0.325 e. The van der Waals surface area contributed by atoms with Gasteiger partial charge in [-0.1, -0.05) is 0 Å². The molecule has 1 saturated heterocycles. The number of rotatable bonds is 3. The third kappa shape index (κ3) is 2.06. The maximum atomic E-state index is 11.5. The van der Waals surface area contributed by atoms with Gasteiger partial charge in [-0.25, -0.2) is 0 Å². The molecule has 1 aliphatic heterocycles. The number of methoxy groups -OCH3 is 1. The zero-order valence-corrected chi connectivity index (χ0v) is 8.80. The lowest BCUT2D eigenvalue weighted by atomic mass is 10.4. The van der Waals surface area contributed by atoms with Gasteiger partial charge in [-0.3, -0.25) is 19.3 Å². The molecule has 0 bridgehead atoms. The normalized spacial score (nSPS) is 21.6. The second-order valence-corrected chi connectivity index (χ2v) is 3.86. The fourth-order valence-electron chi connectivity index (χ4n) is 1.20. The molecule has 2 amide bonds. The molecule has 78 valence electrons. The van der Waals surface area contributed by atoms with Crippen LogP contribution in [0, 0.1) is 0 Å². The topological polar surface area (TPSA) is 63.7 Å². The van der Waals surface area contributed by atoms with Crippen LogP contribution in [0.4, 0.5) is 0 Å². The molecule has 0 aromatic heterocycles. The van der Waals surface area contributed by atoms with E-state index in [0.717, 1.165) is 4.90 Å². The number of esters is 1. The summed E-state index contributed by atoms with van der Waals surface area (Å²) >= 11 is 1.32. The molecule has 14 heavy (non-hydrogen) atoms. The van der Waals surface area contributed by atoms with Crippen molar-refractivity contribution in [3.8, 4) is 0 Å². The quantitative estimate of drug-likeness (QED) is 0.477. The average molecular weight is 217 g/mol. The van der Waals surface area contributed by atoms with Gasteiger partial charge >= 0.3 is 5.97 Å². The first-order chi connectivity index (χ1) is 6.60. The third-order valence-electron chi connectivity index (χ3n) is 2.00. The van der Waals surface area contributed by atoms with Gasteiger partial charge in [-0.2, -0.15) is 11.8 Å². The highest BCUT2D eigenvalue weighted by atomic mass is 32.2. The Hall–Kier alpha value is -1.04. The summed E-state index contributed by atoms with van der Waals surface area (Å²) in [6.07, 6.45) is 1.94. The SMILES string of the molecule is COC(=O)CN1C(=O)CC(SC)C1=O. The molecule has 0 aromatic rings. The van der Waals surface area contributed by atoms with E-state index in [4.69, 9.17) is 0 Å². The third-order valence-corrected chi connectivity index (χ3v) is 2.94. The van der Waals surface area contributed by atoms with Crippen LogP contribution in [-0.2, 0) is 19.1 Å². The number of carbonyl (C=O) groups excluding carboxylic acids is 3. The van der Waals surface area contributed by atoms with Gasteiger partial charge in [0, 0.05) is 6.42 Å². The second-order valence-electron chi connectivity index (χ2n) is 2.82. The fraction of sp³-hybridized carbons (Fsp3) is 0.625. The second kappa shape index (κ2) is 4.45. The highest BCUT2D eigenvalue weighted by Gasteiger charge is 2.38. The number of thioether (sulfide) groups is 1. The zero-order chi connectivity index (χ0) is 10.7. The minimum Gasteiger partial charge on any atom is -0.468 e. The van der Waals surface area contributed by atoms with Crippen molar-refractivity contribution in [1.29, 1.82) is 0 Å². The van der Waals surface area contributed by atoms with Gasteiger partial charge in [0.1, 0.15) is 6.54 Å². The molecule has 1 rings (SSSR count). The highest BCUT2D eigenvalue weighted by molar-refractivity contribution is 8.00. The molecule has 1 fully saturated rings. The summed E-state index contributed by atoms with van der Waals surface area (Å²) in [5.74, 6) is -1.18. The molecular weight excluding hydrogens is 206 g/mol. The molecule has 0 radical (unpaired) electrons. The van der Waals surface area contributed by atoms with Gasteiger partial charge in [-0.05, 0) is 6.26 Å². The Morgan fingerprint density at radius 1 is 1.64 bits per heavy atom. The predicted octanol–water partition coefficient (Wildman–Crippen LogP) is -0.350. The lowest BCUT2D eigenvalue weighted by molar-refractivity contribution is -0.150. The van der Waals surface area contributed by atoms with Gasteiger partial charge in [0.2, 0.25) is 11.8 Å².